The van der Waals surface area contributed by atoms with E-state index in [0.29, 0.717) is 5.56 Å². The number of esters is 1. The molecule has 3 amide bonds. The van der Waals surface area contributed by atoms with Gasteiger partial charge in [0.1, 0.15) is 0 Å². The van der Waals surface area contributed by atoms with Crippen molar-refractivity contribution in [2.75, 3.05) is 6.61 Å². The molecule has 26 heavy (non-hydrogen) atoms. The molecule has 0 aliphatic carbocycles. The van der Waals surface area contributed by atoms with Gasteiger partial charge in [0, 0.05) is 17.9 Å². The Morgan fingerprint density at radius 1 is 1.19 bits per heavy atom. The lowest BCUT2D eigenvalue weighted by Crippen LogP contribution is -2.44. The average Bonchev–Trinajstić information content (AvgIpc) is 3.05. The van der Waals surface area contributed by atoms with Gasteiger partial charge in [-0.15, -0.1) is 0 Å². The fourth-order valence-electron chi connectivity index (χ4n) is 2.12. The van der Waals surface area contributed by atoms with Crippen LogP contribution >= 0.6 is 0 Å². The van der Waals surface area contributed by atoms with E-state index < -0.39 is 24.5 Å². The molecule has 1 aromatic carbocycles. The monoisotopic (exact) mass is 358 g/mol. The number of amides is 3. The van der Waals surface area contributed by atoms with Crippen LogP contribution in [0.3, 0.4) is 0 Å². The van der Waals surface area contributed by atoms with Crippen molar-refractivity contribution in [2.24, 2.45) is 0 Å². The second-order valence-corrected chi connectivity index (χ2v) is 5.84. The summed E-state index contributed by atoms with van der Waals surface area (Å²) >= 11 is 0. The van der Waals surface area contributed by atoms with Crippen LogP contribution in [0.5, 0.6) is 0 Å². The molecule has 8 nitrogen and oxygen atoms in total. The smallest absolute Gasteiger partial charge is 0.338 e. The van der Waals surface area contributed by atoms with E-state index in [1.54, 1.807) is 35.1 Å². The molecular formula is C18H22N4O4. The summed E-state index contributed by atoms with van der Waals surface area (Å²) in [5.41, 5.74) is 2.08. The first-order valence-corrected chi connectivity index (χ1v) is 8.29. The molecule has 0 aliphatic heterocycles. The summed E-state index contributed by atoms with van der Waals surface area (Å²) in [7, 11) is 0. The van der Waals surface area contributed by atoms with E-state index in [-0.39, 0.29) is 6.04 Å². The highest BCUT2D eigenvalue weighted by atomic mass is 16.5. The molecule has 8 heteroatoms. The molecule has 0 aliphatic rings. The maximum Gasteiger partial charge on any atom is 0.338 e. The first-order valence-electron chi connectivity index (χ1n) is 8.29. The van der Waals surface area contributed by atoms with Crippen LogP contribution in [0, 0.1) is 6.92 Å². The Morgan fingerprint density at radius 2 is 1.88 bits per heavy atom. The van der Waals surface area contributed by atoms with Crippen LogP contribution in [-0.2, 0) is 9.53 Å². The van der Waals surface area contributed by atoms with E-state index in [9.17, 15) is 14.4 Å². The molecule has 0 bridgehead atoms. The van der Waals surface area contributed by atoms with Crippen LogP contribution in [0.4, 0.5) is 4.79 Å². The molecule has 0 spiro atoms. The molecule has 0 saturated carbocycles. The number of imide groups is 1. The zero-order chi connectivity index (χ0) is 19.1. The fraction of sp³-hybridized carbons (Fsp3) is 0.333. The van der Waals surface area contributed by atoms with Crippen molar-refractivity contribution in [3.63, 3.8) is 0 Å². The van der Waals surface area contributed by atoms with E-state index in [2.05, 4.69) is 15.7 Å². The number of aryl methyl sites for hydroxylation is 1. The van der Waals surface area contributed by atoms with Gasteiger partial charge < -0.3 is 10.1 Å². The highest BCUT2D eigenvalue weighted by Crippen LogP contribution is 2.12. The maximum absolute atomic E-state index is 12.0. The lowest BCUT2D eigenvalue weighted by atomic mass is 10.2. The van der Waals surface area contributed by atoms with E-state index >= 15 is 0 Å². The summed E-state index contributed by atoms with van der Waals surface area (Å²) < 4.78 is 6.66. The van der Waals surface area contributed by atoms with Gasteiger partial charge in [0.15, 0.2) is 6.61 Å². The molecule has 2 aromatic rings. The number of urea groups is 1. The quantitative estimate of drug-likeness (QED) is 0.769. The highest BCUT2D eigenvalue weighted by molar-refractivity contribution is 5.97. The summed E-state index contributed by atoms with van der Waals surface area (Å²) in [6.45, 7) is 5.12. The normalized spacial score (nSPS) is 11.5. The van der Waals surface area contributed by atoms with Crippen LogP contribution in [0.1, 0.15) is 36.3 Å². The van der Waals surface area contributed by atoms with Crippen molar-refractivity contribution in [1.29, 1.82) is 0 Å². The fourth-order valence-corrected chi connectivity index (χ4v) is 2.12. The minimum absolute atomic E-state index is 0.0534. The zero-order valence-corrected chi connectivity index (χ0v) is 15.0. The summed E-state index contributed by atoms with van der Waals surface area (Å²) in [5, 5.41) is 8.88. The number of aromatic nitrogens is 2. The molecule has 138 valence electrons. The number of nitrogens with zero attached hydrogens (tertiary/aromatic N) is 2. The van der Waals surface area contributed by atoms with E-state index in [1.807, 2.05) is 26.8 Å². The predicted molar refractivity (Wildman–Crippen MR) is 95.0 cm³/mol. The molecule has 2 N–H and O–H groups in total. The second kappa shape index (κ2) is 8.80. The summed E-state index contributed by atoms with van der Waals surface area (Å²) in [6, 6.07) is 7.85. The van der Waals surface area contributed by atoms with Gasteiger partial charge >= 0.3 is 12.0 Å². The summed E-state index contributed by atoms with van der Waals surface area (Å²) in [5.74, 6) is -1.34. The van der Waals surface area contributed by atoms with Gasteiger partial charge in [-0.2, -0.15) is 5.10 Å². The van der Waals surface area contributed by atoms with E-state index in [4.69, 9.17) is 4.74 Å². The molecule has 1 heterocycles. The number of hydrogen-bond donors (Lipinski definition) is 2. The lowest BCUT2D eigenvalue weighted by Gasteiger charge is -2.12. The molecule has 0 saturated heterocycles. The highest BCUT2D eigenvalue weighted by Gasteiger charge is 2.13. The van der Waals surface area contributed by atoms with Crippen molar-refractivity contribution in [3.05, 3.63) is 47.8 Å². The lowest BCUT2D eigenvalue weighted by molar-refractivity contribution is -0.123. The van der Waals surface area contributed by atoms with Gasteiger partial charge in [0.25, 0.3) is 5.91 Å². The Kier molecular flexibility index (Phi) is 6.48. The van der Waals surface area contributed by atoms with Crippen molar-refractivity contribution >= 4 is 17.9 Å². The van der Waals surface area contributed by atoms with Gasteiger partial charge in [0.05, 0.1) is 11.3 Å². The Morgan fingerprint density at radius 3 is 2.46 bits per heavy atom. The number of benzene rings is 1. The average molecular weight is 358 g/mol. The Bertz CT molecular complexity index is 783. The number of carbonyl (C=O) groups is 3. The summed E-state index contributed by atoms with van der Waals surface area (Å²) in [6.07, 6.45) is 2.43. The van der Waals surface area contributed by atoms with Gasteiger partial charge in [-0.3, -0.25) is 10.1 Å². The van der Waals surface area contributed by atoms with Crippen molar-refractivity contribution in [2.45, 2.75) is 33.2 Å². The minimum atomic E-state index is -0.692. The largest absolute Gasteiger partial charge is 0.452 e. The molecule has 1 aromatic heterocycles. The number of ether oxygens (including phenoxy) is 1. The Hall–Kier alpha value is -3.16. The number of carbonyl (C=O) groups excluding carboxylic acids is 3. The van der Waals surface area contributed by atoms with Gasteiger partial charge in [-0.05, 0) is 50.6 Å². The number of rotatable bonds is 6. The molecule has 0 unspecified atom stereocenters. The number of hydrogen-bond acceptors (Lipinski definition) is 5. The van der Waals surface area contributed by atoms with Gasteiger partial charge in [-0.25, -0.2) is 14.3 Å². The van der Waals surface area contributed by atoms with E-state index in [0.717, 1.165) is 17.8 Å². The molecule has 2 rings (SSSR count). The Labute approximate surface area is 151 Å². The minimum Gasteiger partial charge on any atom is -0.452 e. The first kappa shape index (κ1) is 19.2. The number of nitrogens with one attached hydrogen (secondary N) is 2. The Balaban J connectivity index is 1.85. The van der Waals surface area contributed by atoms with Crippen molar-refractivity contribution in [1.82, 2.24) is 20.4 Å². The SMILES string of the molecule is CC[C@@H](C)NC(=O)NC(=O)COC(=O)c1ccc(-n2nccc2C)cc1. The predicted octanol–water partition coefficient (Wildman–Crippen LogP) is 1.96. The maximum atomic E-state index is 12.0. The summed E-state index contributed by atoms with van der Waals surface area (Å²) in [4.78, 5) is 35.2. The van der Waals surface area contributed by atoms with E-state index in [1.165, 1.54) is 0 Å². The topological polar surface area (TPSA) is 102 Å². The van der Waals surface area contributed by atoms with Crippen LogP contribution in [0.25, 0.3) is 5.69 Å². The molecule has 0 fully saturated rings. The second-order valence-electron chi connectivity index (χ2n) is 5.84. The van der Waals surface area contributed by atoms with Crippen LogP contribution in [0.2, 0.25) is 0 Å². The third kappa shape index (κ3) is 5.17. The van der Waals surface area contributed by atoms with Crippen LogP contribution in [0.15, 0.2) is 36.5 Å². The van der Waals surface area contributed by atoms with Gasteiger partial charge in [-0.1, -0.05) is 6.92 Å². The standard InChI is InChI=1S/C18H22N4O4/c1-4-12(2)20-18(25)21-16(23)11-26-17(24)14-5-7-15(8-6-14)22-13(3)9-10-19-22/h5-10,12H,4,11H2,1-3H3,(H2,20,21,23,25)/t12-/m1/s1. The van der Waals surface area contributed by atoms with Crippen LogP contribution < -0.4 is 10.6 Å². The third-order valence-corrected chi connectivity index (χ3v) is 3.76. The van der Waals surface area contributed by atoms with Crippen molar-refractivity contribution in [3.8, 4) is 5.69 Å². The third-order valence-electron chi connectivity index (χ3n) is 3.76. The molecule has 1 atom stereocenters. The van der Waals surface area contributed by atoms with Crippen LogP contribution in [-0.4, -0.2) is 40.3 Å². The van der Waals surface area contributed by atoms with Gasteiger partial charge in [0.2, 0.25) is 0 Å². The molecule has 0 radical (unpaired) electrons. The van der Waals surface area contributed by atoms with Crippen molar-refractivity contribution < 1.29 is 19.1 Å². The zero-order valence-electron chi connectivity index (χ0n) is 15.0. The molecular weight excluding hydrogens is 336 g/mol. The first-order chi connectivity index (χ1) is 12.4.